The molecule has 32 heavy (non-hydrogen) atoms. The molecule has 1 amide bonds. The number of benzene rings is 1. The molecular formula is C23H24ClN7O. The first kappa shape index (κ1) is 20.7. The van der Waals surface area contributed by atoms with E-state index in [4.69, 9.17) is 11.6 Å². The number of amides is 1. The van der Waals surface area contributed by atoms with Crippen LogP contribution in [0, 0.1) is 6.92 Å². The average molecular weight is 450 g/mol. The fraction of sp³-hybridized carbons (Fsp3) is 0.304. The van der Waals surface area contributed by atoms with Crippen molar-refractivity contribution >= 4 is 45.6 Å². The zero-order valence-electron chi connectivity index (χ0n) is 18.1. The summed E-state index contributed by atoms with van der Waals surface area (Å²) >= 11 is 6.36. The molecule has 164 valence electrons. The Hall–Kier alpha value is -3.23. The third-order valence-corrected chi connectivity index (χ3v) is 5.91. The second kappa shape index (κ2) is 8.03. The fourth-order valence-electron chi connectivity index (χ4n) is 4.45. The summed E-state index contributed by atoms with van der Waals surface area (Å²) in [4.78, 5) is 29.0. The van der Waals surface area contributed by atoms with E-state index in [1.54, 1.807) is 29.1 Å². The molecule has 1 aliphatic heterocycles. The summed E-state index contributed by atoms with van der Waals surface area (Å²) in [5, 5.41) is 6.96. The van der Waals surface area contributed by atoms with Gasteiger partial charge in [0.1, 0.15) is 11.0 Å². The highest BCUT2D eigenvalue weighted by atomic mass is 35.5. The summed E-state index contributed by atoms with van der Waals surface area (Å²) in [6.07, 6.45) is 6.94. The first-order chi connectivity index (χ1) is 15.4. The lowest BCUT2D eigenvalue weighted by Crippen LogP contribution is -2.54. The highest BCUT2D eigenvalue weighted by Gasteiger charge is 2.24. The largest absolute Gasteiger partial charge is 0.367 e. The molecule has 0 bridgehead atoms. The van der Waals surface area contributed by atoms with E-state index >= 15 is 0 Å². The topological polar surface area (TPSA) is 87.5 Å². The number of carbonyl (C=O) groups excluding carboxylic acids is 1. The second-order valence-electron chi connectivity index (χ2n) is 8.40. The van der Waals surface area contributed by atoms with E-state index in [1.807, 2.05) is 25.3 Å². The number of rotatable bonds is 3. The lowest BCUT2D eigenvalue weighted by Gasteiger charge is -2.38. The summed E-state index contributed by atoms with van der Waals surface area (Å²) in [7, 11) is 0. The van der Waals surface area contributed by atoms with Crippen LogP contribution < -0.4 is 15.5 Å². The van der Waals surface area contributed by atoms with Crippen molar-refractivity contribution in [3.05, 3.63) is 59.3 Å². The number of aromatic nitrogens is 4. The number of fused-ring (bicyclic) bond motifs is 2. The van der Waals surface area contributed by atoms with Crippen LogP contribution in [0.1, 0.15) is 29.9 Å². The van der Waals surface area contributed by atoms with Gasteiger partial charge < -0.3 is 19.9 Å². The number of nitrogens with one attached hydrogen (secondary N) is 2. The molecule has 1 aromatic carbocycles. The van der Waals surface area contributed by atoms with E-state index in [0.29, 0.717) is 39.5 Å². The molecule has 4 aromatic rings. The normalized spacial score (nSPS) is 18.9. The SMILES string of the molecule is Cc1cn2cc(NC(=O)c3ccc(N4CC(C)NC(C)C4)c4nccnc34)cc(Cl)c2n1. The van der Waals surface area contributed by atoms with E-state index in [0.717, 1.165) is 30.0 Å². The summed E-state index contributed by atoms with van der Waals surface area (Å²) in [6.45, 7) is 7.97. The Morgan fingerprint density at radius 3 is 2.59 bits per heavy atom. The summed E-state index contributed by atoms with van der Waals surface area (Å²) in [6, 6.07) is 6.21. The van der Waals surface area contributed by atoms with Crippen LogP contribution in [-0.4, -0.2) is 50.4 Å². The predicted octanol–water partition coefficient (Wildman–Crippen LogP) is 3.68. The number of nitrogens with zero attached hydrogens (tertiary/aromatic N) is 5. The van der Waals surface area contributed by atoms with Gasteiger partial charge in [-0.2, -0.15) is 0 Å². The summed E-state index contributed by atoms with van der Waals surface area (Å²) < 4.78 is 1.81. The van der Waals surface area contributed by atoms with Crippen LogP contribution in [0.15, 0.2) is 43.0 Å². The molecule has 1 aliphatic rings. The van der Waals surface area contributed by atoms with E-state index in [2.05, 4.69) is 44.3 Å². The average Bonchev–Trinajstić information content (AvgIpc) is 3.13. The number of carbonyl (C=O) groups is 1. The van der Waals surface area contributed by atoms with Gasteiger partial charge in [-0.15, -0.1) is 0 Å². The van der Waals surface area contributed by atoms with Crippen LogP contribution >= 0.6 is 11.6 Å². The quantitative estimate of drug-likeness (QED) is 0.496. The summed E-state index contributed by atoms with van der Waals surface area (Å²) in [5.41, 5.74) is 4.84. The van der Waals surface area contributed by atoms with Crippen molar-refractivity contribution in [2.45, 2.75) is 32.9 Å². The lowest BCUT2D eigenvalue weighted by molar-refractivity contribution is 0.102. The molecule has 0 aliphatic carbocycles. The zero-order chi connectivity index (χ0) is 22.4. The Labute approximate surface area is 190 Å². The van der Waals surface area contributed by atoms with Crippen molar-refractivity contribution in [3.63, 3.8) is 0 Å². The number of hydrogen-bond donors (Lipinski definition) is 2. The number of imidazole rings is 1. The first-order valence-corrected chi connectivity index (χ1v) is 11.0. The van der Waals surface area contributed by atoms with Gasteiger partial charge in [-0.25, -0.2) is 4.98 Å². The lowest BCUT2D eigenvalue weighted by atomic mass is 10.1. The maximum atomic E-state index is 13.2. The van der Waals surface area contributed by atoms with Crippen molar-refractivity contribution in [3.8, 4) is 0 Å². The minimum Gasteiger partial charge on any atom is -0.367 e. The maximum Gasteiger partial charge on any atom is 0.257 e. The Morgan fingerprint density at radius 1 is 1.12 bits per heavy atom. The van der Waals surface area contributed by atoms with Crippen molar-refractivity contribution in [1.29, 1.82) is 0 Å². The molecule has 2 atom stereocenters. The van der Waals surface area contributed by atoms with Crippen molar-refractivity contribution in [1.82, 2.24) is 24.7 Å². The van der Waals surface area contributed by atoms with E-state index in [-0.39, 0.29) is 5.91 Å². The number of hydrogen-bond acceptors (Lipinski definition) is 6. The van der Waals surface area contributed by atoms with E-state index in [1.165, 1.54) is 0 Å². The molecule has 5 rings (SSSR count). The molecule has 1 saturated heterocycles. The highest BCUT2D eigenvalue weighted by Crippen LogP contribution is 2.29. The van der Waals surface area contributed by atoms with Gasteiger partial charge >= 0.3 is 0 Å². The van der Waals surface area contributed by atoms with Gasteiger partial charge in [0, 0.05) is 50.0 Å². The minimum absolute atomic E-state index is 0.267. The van der Waals surface area contributed by atoms with Gasteiger partial charge in [-0.1, -0.05) is 11.6 Å². The molecule has 1 fully saturated rings. The molecule has 9 heteroatoms. The van der Waals surface area contributed by atoms with Crippen LogP contribution in [0.2, 0.25) is 5.02 Å². The van der Waals surface area contributed by atoms with Gasteiger partial charge in [-0.3, -0.25) is 14.8 Å². The van der Waals surface area contributed by atoms with Crippen molar-refractivity contribution < 1.29 is 4.79 Å². The third-order valence-electron chi connectivity index (χ3n) is 5.63. The molecule has 0 spiro atoms. The third kappa shape index (κ3) is 3.76. The number of pyridine rings is 1. The van der Waals surface area contributed by atoms with Crippen LogP contribution in [0.25, 0.3) is 16.7 Å². The molecule has 0 radical (unpaired) electrons. The van der Waals surface area contributed by atoms with Gasteiger partial charge in [-0.05, 0) is 39.0 Å². The van der Waals surface area contributed by atoms with Crippen LogP contribution in [-0.2, 0) is 0 Å². The van der Waals surface area contributed by atoms with E-state index < -0.39 is 0 Å². The predicted molar refractivity (Wildman–Crippen MR) is 127 cm³/mol. The van der Waals surface area contributed by atoms with E-state index in [9.17, 15) is 4.79 Å². The number of anilines is 2. The highest BCUT2D eigenvalue weighted by molar-refractivity contribution is 6.33. The van der Waals surface area contributed by atoms with Crippen LogP contribution in [0.4, 0.5) is 11.4 Å². The number of aryl methyl sites for hydroxylation is 1. The van der Waals surface area contributed by atoms with Crippen molar-refractivity contribution in [2.24, 2.45) is 0 Å². The van der Waals surface area contributed by atoms with Gasteiger partial charge in [0.05, 0.1) is 27.7 Å². The molecule has 2 N–H and O–H groups in total. The smallest absolute Gasteiger partial charge is 0.257 e. The molecule has 4 heterocycles. The molecular weight excluding hydrogens is 426 g/mol. The Kier molecular flexibility index (Phi) is 5.19. The molecule has 2 unspecified atom stereocenters. The molecule has 8 nitrogen and oxygen atoms in total. The van der Waals surface area contributed by atoms with Gasteiger partial charge in [0.2, 0.25) is 0 Å². The summed E-state index contributed by atoms with van der Waals surface area (Å²) in [5.74, 6) is -0.267. The Bertz CT molecular complexity index is 1320. The maximum absolute atomic E-state index is 13.2. The van der Waals surface area contributed by atoms with Crippen molar-refractivity contribution in [2.75, 3.05) is 23.3 Å². The van der Waals surface area contributed by atoms with Crippen LogP contribution in [0.5, 0.6) is 0 Å². The van der Waals surface area contributed by atoms with Gasteiger partial charge in [0.15, 0.2) is 5.65 Å². The fourth-order valence-corrected chi connectivity index (χ4v) is 4.71. The molecule has 3 aromatic heterocycles. The second-order valence-corrected chi connectivity index (χ2v) is 8.81. The molecule has 0 saturated carbocycles. The Morgan fingerprint density at radius 2 is 1.84 bits per heavy atom. The van der Waals surface area contributed by atoms with Crippen LogP contribution in [0.3, 0.4) is 0 Å². The first-order valence-electron chi connectivity index (χ1n) is 10.6. The number of piperazine rings is 1. The van der Waals surface area contributed by atoms with Gasteiger partial charge in [0.25, 0.3) is 5.91 Å². The number of halogens is 1. The standard InChI is InChI=1S/C23H24ClN7O/c1-13-9-30(10-14(2)27-13)19-5-4-17(20-21(19)26-7-6-25-20)23(32)29-16-8-18(24)22-28-15(3)11-31(22)12-16/h4-8,11-14,27H,9-10H2,1-3H3,(H,29,32). The minimum atomic E-state index is -0.267. The monoisotopic (exact) mass is 449 g/mol. The zero-order valence-corrected chi connectivity index (χ0v) is 18.9. The Balaban J connectivity index is 1.50.